The monoisotopic (exact) mass is 307 g/mol. The van der Waals surface area contributed by atoms with E-state index in [1.807, 2.05) is 24.2 Å². The van der Waals surface area contributed by atoms with Crippen molar-refractivity contribution >= 4 is 5.91 Å². The number of carbonyl (C=O) groups excluding carboxylic acids is 1. The zero-order chi connectivity index (χ0) is 16.5. The lowest BCUT2D eigenvalue weighted by atomic mass is 10.1. The Bertz CT molecular complexity index is 429. The fourth-order valence-corrected chi connectivity index (χ4v) is 3.03. The van der Waals surface area contributed by atoms with E-state index in [1.54, 1.807) is 0 Å². The number of aromatic nitrogens is 2. The number of unbranched alkanes of at least 4 members (excludes halogenated alkanes) is 4. The molecule has 1 aromatic rings. The van der Waals surface area contributed by atoms with Gasteiger partial charge >= 0.3 is 0 Å². The summed E-state index contributed by atoms with van der Waals surface area (Å²) in [6.45, 7) is 11.5. The smallest absolute Gasteiger partial charge is 0.223 e. The average Bonchev–Trinajstić information content (AvgIpc) is 2.82. The van der Waals surface area contributed by atoms with Crippen LogP contribution in [0.4, 0.5) is 0 Å². The summed E-state index contributed by atoms with van der Waals surface area (Å²) in [4.78, 5) is 18.5. The van der Waals surface area contributed by atoms with Crippen LogP contribution in [-0.2, 0) is 11.3 Å². The molecule has 0 fully saturated rings. The third kappa shape index (κ3) is 6.20. The van der Waals surface area contributed by atoms with Gasteiger partial charge in [0.15, 0.2) is 0 Å². The number of nitrogens with zero attached hydrogens (tertiary/aromatic N) is 3. The first kappa shape index (κ1) is 18.7. The van der Waals surface area contributed by atoms with Gasteiger partial charge in [0.05, 0.1) is 0 Å². The summed E-state index contributed by atoms with van der Waals surface area (Å²) in [6, 6.07) is 0.594. The van der Waals surface area contributed by atoms with Crippen molar-refractivity contribution in [3.63, 3.8) is 0 Å². The molecule has 0 aliphatic carbocycles. The molecule has 22 heavy (non-hydrogen) atoms. The third-order valence-electron chi connectivity index (χ3n) is 4.11. The zero-order valence-electron chi connectivity index (χ0n) is 15.0. The van der Waals surface area contributed by atoms with Crippen LogP contribution in [-0.4, -0.2) is 32.4 Å². The predicted octanol–water partition coefficient (Wildman–Crippen LogP) is 4.18. The number of hydrogen-bond acceptors (Lipinski definition) is 2. The Labute approximate surface area is 135 Å². The van der Waals surface area contributed by atoms with E-state index in [4.69, 9.17) is 0 Å². The van der Waals surface area contributed by atoms with Crippen LogP contribution >= 0.6 is 0 Å². The lowest BCUT2D eigenvalue weighted by Gasteiger charge is -2.30. The van der Waals surface area contributed by atoms with Crippen LogP contribution in [0.5, 0.6) is 0 Å². The number of imidazole rings is 1. The van der Waals surface area contributed by atoms with Gasteiger partial charge in [-0.05, 0) is 47.5 Å². The van der Waals surface area contributed by atoms with Crippen LogP contribution in [0, 0.1) is 6.92 Å². The number of rotatable bonds is 10. The summed E-state index contributed by atoms with van der Waals surface area (Å²) in [5.74, 6) is 1.40. The summed E-state index contributed by atoms with van der Waals surface area (Å²) in [6.07, 6.45) is 10.4. The van der Waals surface area contributed by atoms with Gasteiger partial charge in [-0.15, -0.1) is 0 Å². The summed E-state index contributed by atoms with van der Waals surface area (Å²) in [5, 5.41) is 0. The van der Waals surface area contributed by atoms with Gasteiger partial charge in [-0.3, -0.25) is 4.79 Å². The zero-order valence-corrected chi connectivity index (χ0v) is 15.0. The van der Waals surface area contributed by atoms with E-state index in [2.05, 4.69) is 37.2 Å². The van der Waals surface area contributed by atoms with Crippen LogP contribution in [0.2, 0.25) is 0 Å². The molecule has 4 nitrogen and oxygen atoms in total. The first-order chi connectivity index (χ1) is 10.4. The molecule has 1 amide bonds. The van der Waals surface area contributed by atoms with Crippen molar-refractivity contribution in [3.05, 3.63) is 18.2 Å². The standard InChI is InChI=1S/C18H33N3O/c1-15(2)21(16(3)4)18(22)11-9-7-6-8-10-13-20-14-12-19-17(20)5/h12,14-16H,6-11,13H2,1-5H3. The quantitative estimate of drug-likeness (QED) is 0.608. The topological polar surface area (TPSA) is 38.1 Å². The van der Waals surface area contributed by atoms with Crippen molar-refractivity contribution in [2.45, 2.75) is 91.8 Å². The van der Waals surface area contributed by atoms with E-state index in [1.165, 1.54) is 19.3 Å². The van der Waals surface area contributed by atoms with Crippen molar-refractivity contribution in [1.82, 2.24) is 14.5 Å². The second-order valence-corrected chi connectivity index (χ2v) is 6.67. The maximum absolute atomic E-state index is 12.2. The molecule has 0 spiro atoms. The fraction of sp³-hybridized carbons (Fsp3) is 0.778. The van der Waals surface area contributed by atoms with Crippen molar-refractivity contribution < 1.29 is 4.79 Å². The van der Waals surface area contributed by atoms with Gasteiger partial charge in [0.2, 0.25) is 5.91 Å². The van der Waals surface area contributed by atoms with E-state index in [-0.39, 0.29) is 0 Å². The summed E-state index contributed by atoms with van der Waals surface area (Å²) >= 11 is 0. The van der Waals surface area contributed by atoms with Crippen molar-refractivity contribution in [2.24, 2.45) is 0 Å². The van der Waals surface area contributed by atoms with Crippen LogP contribution in [0.3, 0.4) is 0 Å². The van der Waals surface area contributed by atoms with Gasteiger partial charge in [-0.25, -0.2) is 4.98 Å². The molecular formula is C18H33N3O. The highest BCUT2D eigenvalue weighted by atomic mass is 16.2. The van der Waals surface area contributed by atoms with Crippen molar-refractivity contribution in [1.29, 1.82) is 0 Å². The number of carbonyl (C=O) groups is 1. The van der Waals surface area contributed by atoms with E-state index in [0.717, 1.165) is 25.2 Å². The Kier molecular flexibility index (Phi) is 8.21. The molecule has 1 aromatic heterocycles. The van der Waals surface area contributed by atoms with Gasteiger partial charge < -0.3 is 9.47 Å². The molecule has 0 aliphatic heterocycles. The number of amides is 1. The largest absolute Gasteiger partial charge is 0.338 e. The minimum Gasteiger partial charge on any atom is -0.338 e. The highest BCUT2D eigenvalue weighted by Gasteiger charge is 2.18. The molecule has 126 valence electrons. The minimum absolute atomic E-state index is 0.297. The molecule has 4 heteroatoms. The van der Waals surface area contributed by atoms with Crippen molar-refractivity contribution in [3.8, 4) is 0 Å². The maximum Gasteiger partial charge on any atom is 0.223 e. The third-order valence-corrected chi connectivity index (χ3v) is 4.11. The highest BCUT2D eigenvalue weighted by molar-refractivity contribution is 5.76. The molecule has 1 rings (SSSR count). The highest BCUT2D eigenvalue weighted by Crippen LogP contribution is 2.12. The van der Waals surface area contributed by atoms with Crippen LogP contribution in [0.1, 0.15) is 72.0 Å². The van der Waals surface area contributed by atoms with Gasteiger partial charge in [0.25, 0.3) is 0 Å². The van der Waals surface area contributed by atoms with E-state index in [0.29, 0.717) is 24.4 Å². The predicted molar refractivity (Wildman–Crippen MR) is 91.8 cm³/mol. The second kappa shape index (κ2) is 9.65. The average molecular weight is 307 g/mol. The molecule has 1 heterocycles. The normalized spacial score (nSPS) is 11.4. The Hall–Kier alpha value is -1.32. The Morgan fingerprint density at radius 3 is 2.23 bits per heavy atom. The maximum atomic E-state index is 12.2. The number of aryl methyl sites for hydroxylation is 2. The molecule has 0 aromatic carbocycles. The van der Waals surface area contributed by atoms with E-state index < -0.39 is 0 Å². The Balaban J connectivity index is 2.10. The van der Waals surface area contributed by atoms with Crippen LogP contribution in [0.15, 0.2) is 12.4 Å². The van der Waals surface area contributed by atoms with Gasteiger partial charge in [-0.2, -0.15) is 0 Å². The summed E-state index contributed by atoms with van der Waals surface area (Å²) < 4.78 is 2.20. The SMILES string of the molecule is Cc1nccn1CCCCCCCC(=O)N(C(C)C)C(C)C. The molecule has 0 bridgehead atoms. The molecule has 0 atom stereocenters. The summed E-state index contributed by atoms with van der Waals surface area (Å²) in [7, 11) is 0. The molecule has 0 saturated heterocycles. The molecular weight excluding hydrogens is 274 g/mol. The molecule has 0 N–H and O–H groups in total. The van der Waals surface area contributed by atoms with Crippen LogP contribution < -0.4 is 0 Å². The summed E-state index contributed by atoms with van der Waals surface area (Å²) in [5.41, 5.74) is 0. The molecule has 0 saturated carbocycles. The first-order valence-corrected chi connectivity index (χ1v) is 8.72. The van der Waals surface area contributed by atoms with Gasteiger partial charge in [-0.1, -0.05) is 19.3 Å². The molecule has 0 aliphatic rings. The molecule has 0 unspecified atom stereocenters. The fourth-order valence-electron chi connectivity index (χ4n) is 3.03. The Morgan fingerprint density at radius 1 is 1.09 bits per heavy atom. The van der Waals surface area contributed by atoms with Gasteiger partial charge in [0.1, 0.15) is 5.82 Å². The van der Waals surface area contributed by atoms with Crippen molar-refractivity contribution in [2.75, 3.05) is 0 Å². The first-order valence-electron chi connectivity index (χ1n) is 8.72. The number of hydrogen-bond donors (Lipinski definition) is 0. The Morgan fingerprint density at radius 2 is 1.68 bits per heavy atom. The lowest BCUT2D eigenvalue weighted by molar-refractivity contribution is -0.134. The lowest BCUT2D eigenvalue weighted by Crippen LogP contribution is -2.41. The van der Waals surface area contributed by atoms with E-state index in [9.17, 15) is 4.79 Å². The second-order valence-electron chi connectivity index (χ2n) is 6.67. The van der Waals surface area contributed by atoms with Gasteiger partial charge in [0, 0.05) is 37.4 Å². The van der Waals surface area contributed by atoms with Crippen LogP contribution in [0.25, 0.3) is 0 Å². The molecule has 0 radical (unpaired) electrons. The minimum atomic E-state index is 0.297. The van der Waals surface area contributed by atoms with E-state index >= 15 is 0 Å².